The van der Waals surface area contributed by atoms with Crippen LogP contribution in [0.5, 0.6) is 0 Å². The number of aliphatic hydroxyl groups is 1. The van der Waals surface area contributed by atoms with E-state index in [0.29, 0.717) is 0 Å². The number of benzene rings is 1. The molecule has 2 unspecified atom stereocenters. The zero-order valence-electron chi connectivity index (χ0n) is 12.7. The quantitative estimate of drug-likeness (QED) is 0.852. The standard InChI is InChI=1S/C16H24O3/c1-10-7-8-13(9-11(10)2)14(17)12(3)15(18)19-16(4,5)6/h7-9,12,14,17H,1-6H3. The second-order valence-corrected chi connectivity index (χ2v) is 6.11. The first-order valence-corrected chi connectivity index (χ1v) is 6.60. The van der Waals surface area contributed by atoms with Crippen molar-refractivity contribution in [2.75, 3.05) is 0 Å². The van der Waals surface area contributed by atoms with Crippen molar-refractivity contribution in [3.05, 3.63) is 34.9 Å². The maximum Gasteiger partial charge on any atom is 0.312 e. The monoisotopic (exact) mass is 264 g/mol. The highest BCUT2D eigenvalue weighted by Gasteiger charge is 2.28. The number of aryl methyl sites for hydroxylation is 2. The van der Waals surface area contributed by atoms with Gasteiger partial charge in [0.2, 0.25) is 0 Å². The van der Waals surface area contributed by atoms with Gasteiger partial charge in [0.1, 0.15) is 5.60 Å². The summed E-state index contributed by atoms with van der Waals surface area (Å²) in [7, 11) is 0. The lowest BCUT2D eigenvalue weighted by atomic mass is 9.94. The molecule has 3 heteroatoms. The van der Waals surface area contributed by atoms with Crippen molar-refractivity contribution < 1.29 is 14.6 Å². The molecule has 1 aromatic carbocycles. The Morgan fingerprint density at radius 1 is 1.21 bits per heavy atom. The van der Waals surface area contributed by atoms with E-state index < -0.39 is 17.6 Å². The molecule has 0 heterocycles. The van der Waals surface area contributed by atoms with Crippen molar-refractivity contribution in [3.63, 3.8) is 0 Å². The molecule has 0 saturated carbocycles. The van der Waals surface area contributed by atoms with Crippen molar-refractivity contribution in [1.82, 2.24) is 0 Å². The van der Waals surface area contributed by atoms with Gasteiger partial charge in [-0.1, -0.05) is 18.2 Å². The summed E-state index contributed by atoms with van der Waals surface area (Å²) in [6.07, 6.45) is -0.839. The molecule has 0 aliphatic rings. The average Bonchev–Trinajstić information content (AvgIpc) is 2.28. The minimum Gasteiger partial charge on any atom is -0.460 e. The lowest BCUT2D eigenvalue weighted by Crippen LogP contribution is -2.30. The molecule has 0 bridgehead atoms. The normalized spacial score (nSPS) is 14.9. The Morgan fingerprint density at radius 2 is 1.79 bits per heavy atom. The third-order valence-electron chi connectivity index (χ3n) is 3.12. The number of aliphatic hydroxyl groups excluding tert-OH is 1. The van der Waals surface area contributed by atoms with Crippen molar-refractivity contribution in [3.8, 4) is 0 Å². The van der Waals surface area contributed by atoms with Gasteiger partial charge in [-0.25, -0.2) is 0 Å². The maximum absolute atomic E-state index is 11.9. The van der Waals surface area contributed by atoms with Gasteiger partial charge in [-0.2, -0.15) is 0 Å². The van der Waals surface area contributed by atoms with E-state index in [1.165, 1.54) is 5.56 Å². The van der Waals surface area contributed by atoms with Gasteiger partial charge < -0.3 is 9.84 Å². The SMILES string of the molecule is Cc1ccc(C(O)C(C)C(=O)OC(C)(C)C)cc1C. The van der Waals surface area contributed by atoms with Gasteiger partial charge in [0.05, 0.1) is 12.0 Å². The van der Waals surface area contributed by atoms with E-state index in [2.05, 4.69) is 0 Å². The third-order valence-corrected chi connectivity index (χ3v) is 3.12. The summed E-state index contributed by atoms with van der Waals surface area (Å²) in [5.41, 5.74) is 2.49. The summed E-state index contributed by atoms with van der Waals surface area (Å²) in [5.74, 6) is -0.959. The molecule has 0 aliphatic carbocycles. The first-order chi connectivity index (χ1) is 8.61. The molecule has 0 saturated heterocycles. The van der Waals surface area contributed by atoms with Crippen LogP contribution in [-0.4, -0.2) is 16.7 Å². The minimum absolute atomic E-state index is 0.377. The molecular weight excluding hydrogens is 240 g/mol. The molecule has 106 valence electrons. The van der Waals surface area contributed by atoms with Gasteiger partial charge >= 0.3 is 5.97 Å². The van der Waals surface area contributed by atoms with E-state index in [0.717, 1.165) is 11.1 Å². The molecule has 3 nitrogen and oxygen atoms in total. The van der Waals surface area contributed by atoms with Crippen molar-refractivity contribution in [1.29, 1.82) is 0 Å². The molecule has 0 spiro atoms. The van der Waals surface area contributed by atoms with E-state index >= 15 is 0 Å². The van der Waals surface area contributed by atoms with E-state index in [4.69, 9.17) is 4.74 Å². The molecule has 1 rings (SSSR count). The van der Waals surface area contributed by atoms with Crippen LogP contribution in [0.2, 0.25) is 0 Å². The van der Waals surface area contributed by atoms with E-state index in [1.807, 2.05) is 52.8 Å². The third kappa shape index (κ3) is 4.35. The molecule has 19 heavy (non-hydrogen) atoms. The number of hydrogen-bond donors (Lipinski definition) is 1. The Morgan fingerprint density at radius 3 is 2.26 bits per heavy atom. The summed E-state index contributed by atoms with van der Waals surface area (Å²) in [4.78, 5) is 11.9. The maximum atomic E-state index is 11.9. The summed E-state index contributed by atoms with van der Waals surface area (Å²) < 4.78 is 5.30. The van der Waals surface area contributed by atoms with E-state index in [9.17, 15) is 9.90 Å². The Kier molecular flexibility index (Phi) is 4.75. The molecule has 1 N–H and O–H groups in total. The molecule has 2 atom stereocenters. The molecule has 0 amide bonds. The molecular formula is C16H24O3. The number of carbonyl (C=O) groups excluding carboxylic acids is 1. The van der Waals surface area contributed by atoms with Crippen LogP contribution in [0.25, 0.3) is 0 Å². The summed E-state index contributed by atoms with van der Waals surface area (Å²) in [6, 6.07) is 5.73. The lowest BCUT2D eigenvalue weighted by Gasteiger charge is -2.25. The van der Waals surface area contributed by atoms with Crippen molar-refractivity contribution in [2.45, 2.75) is 53.2 Å². The Bertz CT molecular complexity index is 458. The highest BCUT2D eigenvalue weighted by molar-refractivity contribution is 5.73. The van der Waals surface area contributed by atoms with Gasteiger partial charge in [0.15, 0.2) is 0 Å². The fourth-order valence-electron chi connectivity index (χ4n) is 1.76. The number of esters is 1. The van der Waals surface area contributed by atoms with E-state index in [-0.39, 0.29) is 5.97 Å². The summed E-state index contributed by atoms with van der Waals surface area (Å²) in [5, 5.41) is 10.3. The predicted octanol–water partition coefficient (Wildman–Crippen LogP) is 3.31. The zero-order chi connectivity index (χ0) is 14.8. The number of hydrogen-bond acceptors (Lipinski definition) is 3. The minimum atomic E-state index is -0.839. The Balaban J connectivity index is 2.84. The van der Waals surface area contributed by atoms with Gasteiger partial charge in [-0.15, -0.1) is 0 Å². The Labute approximate surface area is 115 Å². The van der Waals surface area contributed by atoms with Crippen LogP contribution in [0.3, 0.4) is 0 Å². The lowest BCUT2D eigenvalue weighted by molar-refractivity contribution is -0.163. The van der Waals surface area contributed by atoms with Gasteiger partial charge in [0.25, 0.3) is 0 Å². The summed E-state index contributed by atoms with van der Waals surface area (Å²) in [6.45, 7) is 11.2. The van der Waals surface area contributed by atoms with Crippen LogP contribution < -0.4 is 0 Å². The van der Waals surface area contributed by atoms with Crippen LogP contribution in [0.1, 0.15) is 50.5 Å². The molecule has 0 fully saturated rings. The highest BCUT2D eigenvalue weighted by Crippen LogP contribution is 2.26. The van der Waals surface area contributed by atoms with E-state index in [1.54, 1.807) is 6.92 Å². The number of ether oxygens (including phenoxy) is 1. The topological polar surface area (TPSA) is 46.5 Å². The smallest absolute Gasteiger partial charge is 0.312 e. The summed E-state index contributed by atoms with van der Waals surface area (Å²) >= 11 is 0. The first kappa shape index (κ1) is 15.7. The first-order valence-electron chi connectivity index (χ1n) is 6.60. The van der Waals surface area contributed by atoms with Crippen LogP contribution in [-0.2, 0) is 9.53 Å². The zero-order valence-corrected chi connectivity index (χ0v) is 12.7. The van der Waals surface area contributed by atoms with Crippen molar-refractivity contribution in [2.24, 2.45) is 5.92 Å². The van der Waals surface area contributed by atoms with Crippen LogP contribution in [0.15, 0.2) is 18.2 Å². The highest BCUT2D eigenvalue weighted by atomic mass is 16.6. The Hall–Kier alpha value is -1.35. The van der Waals surface area contributed by atoms with Crippen LogP contribution in [0.4, 0.5) is 0 Å². The van der Waals surface area contributed by atoms with Crippen molar-refractivity contribution >= 4 is 5.97 Å². The van der Waals surface area contributed by atoms with Crippen LogP contribution in [0, 0.1) is 19.8 Å². The fraction of sp³-hybridized carbons (Fsp3) is 0.562. The predicted molar refractivity (Wildman–Crippen MR) is 75.9 cm³/mol. The number of carbonyl (C=O) groups is 1. The van der Waals surface area contributed by atoms with Gasteiger partial charge in [0, 0.05) is 0 Å². The second kappa shape index (κ2) is 5.74. The fourth-order valence-corrected chi connectivity index (χ4v) is 1.76. The van der Waals surface area contributed by atoms with Gasteiger partial charge in [-0.3, -0.25) is 4.79 Å². The molecule has 1 aromatic rings. The largest absolute Gasteiger partial charge is 0.460 e. The van der Waals surface area contributed by atoms with Gasteiger partial charge in [-0.05, 0) is 58.2 Å². The second-order valence-electron chi connectivity index (χ2n) is 6.11. The average molecular weight is 264 g/mol. The van der Waals surface area contributed by atoms with Crippen LogP contribution >= 0.6 is 0 Å². The number of rotatable bonds is 3. The molecule has 0 aromatic heterocycles. The molecule has 0 aliphatic heterocycles. The molecule has 0 radical (unpaired) electrons.